The average molecular weight is 270 g/mol. The highest BCUT2D eigenvalue weighted by Crippen LogP contribution is 2.17. The fraction of sp³-hybridized carbons (Fsp3) is 0.500. The van der Waals surface area contributed by atoms with Gasteiger partial charge in [0, 0.05) is 12.6 Å². The van der Waals surface area contributed by atoms with Gasteiger partial charge in [-0.2, -0.15) is 0 Å². The van der Waals surface area contributed by atoms with Gasteiger partial charge in [0.15, 0.2) is 5.16 Å². The number of likely N-dealkylation sites (N-methyl/N-ethyl adjacent to an activating group) is 1. The highest BCUT2D eigenvalue weighted by atomic mass is 32.2. The van der Waals surface area contributed by atoms with E-state index in [4.69, 9.17) is 5.84 Å². The molecule has 7 nitrogen and oxygen atoms in total. The molecular formula is C10H18N6OS. The number of rotatable bonds is 6. The van der Waals surface area contributed by atoms with Crippen LogP contribution < -0.4 is 21.9 Å². The first-order valence-corrected chi connectivity index (χ1v) is 6.77. The molecule has 1 heterocycles. The van der Waals surface area contributed by atoms with Crippen LogP contribution in [0.15, 0.2) is 11.2 Å². The highest BCUT2D eigenvalue weighted by Gasteiger charge is 2.13. The van der Waals surface area contributed by atoms with Gasteiger partial charge in [-0.3, -0.25) is 4.79 Å². The van der Waals surface area contributed by atoms with Gasteiger partial charge in [-0.1, -0.05) is 11.8 Å². The van der Waals surface area contributed by atoms with Crippen molar-refractivity contribution in [2.45, 2.75) is 25.0 Å². The zero-order valence-electron chi connectivity index (χ0n) is 10.7. The van der Waals surface area contributed by atoms with Gasteiger partial charge in [0.05, 0.1) is 0 Å². The highest BCUT2D eigenvalue weighted by molar-refractivity contribution is 7.98. The molecule has 0 saturated carbocycles. The molecule has 0 bridgehead atoms. The largest absolute Gasteiger partial charge is 0.358 e. The summed E-state index contributed by atoms with van der Waals surface area (Å²) in [5, 5.41) is 6.32. The van der Waals surface area contributed by atoms with E-state index >= 15 is 0 Å². The van der Waals surface area contributed by atoms with Crippen molar-refractivity contribution in [1.29, 1.82) is 0 Å². The number of hydrogen-bond donors (Lipinski definition) is 4. The summed E-state index contributed by atoms with van der Waals surface area (Å²) in [6.07, 6.45) is 1.87. The van der Waals surface area contributed by atoms with Crippen molar-refractivity contribution in [3.05, 3.63) is 6.07 Å². The Labute approximate surface area is 110 Å². The molecule has 0 fully saturated rings. The Kier molecular flexibility index (Phi) is 5.66. The van der Waals surface area contributed by atoms with Crippen LogP contribution >= 0.6 is 11.8 Å². The molecule has 18 heavy (non-hydrogen) atoms. The van der Waals surface area contributed by atoms with Crippen LogP contribution in [0.2, 0.25) is 0 Å². The van der Waals surface area contributed by atoms with E-state index in [1.165, 1.54) is 11.8 Å². The van der Waals surface area contributed by atoms with E-state index in [9.17, 15) is 4.79 Å². The van der Waals surface area contributed by atoms with Crippen LogP contribution in [0.4, 0.5) is 11.6 Å². The Hall–Kier alpha value is -1.54. The van der Waals surface area contributed by atoms with Crippen molar-refractivity contribution in [3.63, 3.8) is 0 Å². The third kappa shape index (κ3) is 4.04. The molecular weight excluding hydrogens is 252 g/mol. The van der Waals surface area contributed by atoms with Crippen LogP contribution in [-0.4, -0.2) is 34.7 Å². The van der Waals surface area contributed by atoms with E-state index in [1.807, 2.05) is 13.2 Å². The SMILES string of the molecule is CCNC(=O)C(C)Nc1cc(NN)nc(SC)n1. The molecule has 1 atom stereocenters. The lowest BCUT2D eigenvalue weighted by molar-refractivity contribution is -0.121. The molecule has 1 aromatic heterocycles. The monoisotopic (exact) mass is 270 g/mol. The number of nitrogens with two attached hydrogens (primary N) is 1. The summed E-state index contributed by atoms with van der Waals surface area (Å²) >= 11 is 1.40. The maximum Gasteiger partial charge on any atom is 0.242 e. The summed E-state index contributed by atoms with van der Waals surface area (Å²) in [5.41, 5.74) is 2.46. The van der Waals surface area contributed by atoms with Gasteiger partial charge in [-0.05, 0) is 20.1 Å². The minimum Gasteiger partial charge on any atom is -0.358 e. The number of carbonyl (C=O) groups excluding carboxylic acids is 1. The summed E-state index contributed by atoms with van der Waals surface area (Å²) in [4.78, 5) is 20.0. The molecule has 0 aliphatic heterocycles. The Morgan fingerprint density at radius 3 is 2.72 bits per heavy atom. The van der Waals surface area contributed by atoms with E-state index in [-0.39, 0.29) is 11.9 Å². The van der Waals surface area contributed by atoms with Gasteiger partial charge in [0.25, 0.3) is 0 Å². The third-order valence-electron chi connectivity index (χ3n) is 2.14. The molecule has 8 heteroatoms. The van der Waals surface area contributed by atoms with E-state index in [0.29, 0.717) is 23.3 Å². The maximum atomic E-state index is 11.6. The number of aromatic nitrogens is 2. The molecule has 1 unspecified atom stereocenters. The predicted molar refractivity (Wildman–Crippen MR) is 73.4 cm³/mol. The smallest absolute Gasteiger partial charge is 0.242 e. The van der Waals surface area contributed by atoms with Gasteiger partial charge >= 0.3 is 0 Å². The molecule has 0 radical (unpaired) electrons. The molecule has 1 rings (SSSR count). The number of hydrazine groups is 1. The number of thioether (sulfide) groups is 1. The van der Waals surface area contributed by atoms with Crippen molar-refractivity contribution in [2.24, 2.45) is 5.84 Å². The number of carbonyl (C=O) groups is 1. The Bertz CT molecular complexity index is 391. The van der Waals surface area contributed by atoms with Gasteiger partial charge in [0.1, 0.15) is 17.7 Å². The van der Waals surface area contributed by atoms with Crippen molar-refractivity contribution >= 4 is 29.3 Å². The van der Waals surface area contributed by atoms with E-state index in [0.717, 1.165) is 0 Å². The first-order chi connectivity index (χ1) is 8.60. The first-order valence-electron chi connectivity index (χ1n) is 5.54. The number of nitrogens with zero attached hydrogens (tertiary/aromatic N) is 2. The molecule has 5 N–H and O–H groups in total. The number of nitrogen functional groups attached to an aromatic ring is 1. The van der Waals surface area contributed by atoms with E-state index in [1.54, 1.807) is 13.0 Å². The van der Waals surface area contributed by atoms with Crippen LogP contribution in [0.25, 0.3) is 0 Å². The molecule has 0 aliphatic rings. The zero-order valence-corrected chi connectivity index (χ0v) is 11.5. The second kappa shape index (κ2) is 7.02. The van der Waals surface area contributed by atoms with Crippen molar-refractivity contribution in [2.75, 3.05) is 23.5 Å². The van der Waals surface area contributed by atoms with Gasteiger partial charge in [0.2, 0.25) is 5.91 Å². The number of nitrogens with one attached hydrogen (secondary N) is 3. The lowest BCUT2D eigenvalue weighted by Gasteiger charge is -2.14. The zero-order chi connectivity index (χ0) is 13.5. The minimum absolute atomic E-state index is 0.0796. The number of hydrogen-bond acceptors (Lipinski definition) is 7. The fourth-order valence-electron chi connectivity index (χ4n) is 1.28. The Morgan fingerprint density at radius 2 is 2.17 bits per heavy atom. The van der Waals surface area contributed by atoms with Crippen molar-refractivity contribution < 1.29 is 4.79 Å². The molecule has 0 aliphatic carbocycles. The number of amides is 1. The molecule has 100 valence electrons. The Balaban J connectivity index is 2.79. The summed E-state index contributed by atoms with van der Waals surface area (Å²) in [5.74, 6) is 6.30. The quantitative estimate of drug-likeness (QED) is 0.257. The lowest BCUT2D eigenvalue weighted by atomic mass is 10.3. The standard InChI is InChI=1S/C10H18N6OS/c1-4-12-9(17)6(2)13-7-5-8(16-11)15-10(14-7)18-3/h5-6H,4,11H2,1-3H3,(H,12,17)(H2,13,14,15,16). The molecule has 0 saturated heterocycles. The average Bonchev–Trinajstić information content (AvgIpc) is 2.38. The molecule has 1 aromatic rings. The molecule has 0 aromatic carbocycles. The molecule has 1 amide bonds. The van der Waals surface area contributed by atoms with Crippen molar-refractivity contribution in [1.82, 2.24) is 15.3 Å². The first kappa shape index (κ1) is 14.5. The normalized spacial score (nSPS) is 11.8. The van der Waals surface area contributed by atoms with Crippen LogP contribution in [0, 0.1) is 0 Å². The lowest BCUT2D eigenvalue weighted by Crippen LogP contribution is -2.37. The maximum absolute atomic E-state index is 11.6. The summed E-state index contributed by atoms with van der Waals surface area (Å²) in [7, 11) is 0. The summed E-state index contributed by atoms with van der Waals surface area (Å²) in [6.45, 7) is 4.24. The van der Waals surface area contributed by atoms with Gasteiger partial charge < -0.3 is 16.1 Å². The topological polar surface area (TPSA) is 105 Å². The molecule has 0 spiro atoms. The van der Waals surface area contributed by atoms with E-state index in [2.05, 4.69) is 26.0 Å². The predicted octanol–water partition coefficient (Wildman–Crippen LogP) is 0.421. The van der Waals surface area contributed by atoms with Gasteiger partial charge in [-0.15, -0.1) is 0 Å². The Morgan fingerprint density at radius 1 is 1.50 bits per heavy atom. The van der Waals surface area contributed by atoms with Crippen molar-refractivity contribution in [3.8, 4) is 0 Å². The van der Waals surface area contributed by atoms with Gasteiger partial charge in [-0.25, -0.2) is 15.8 Å². The second-order valence-electron chi connectivity index (χ2n) is 3.53. The summed E-state index contributed by atoms with van der Waals surface area (Å²) in [6, 6.07) is 1.27. The number of anilines is 2. The van der Waals surface area contributed by atoms with E-state index < -0.39 is 0 Å². The third-order valence-corrected chi connectivity index (χ3v) is 2.69. The van der Waals surface area contributed by atoms with Crippen LogP contribution in [0.1, 0.15) is 13.8 Å². The van der Waals surface area contributed by atoms with Crippen LogP contribution in [-0.2, 0) is 4.79 Å². The van der Waals surface area contributed by atoms with Crippen LogP contribution in [0.3, 0.4) is 0 Å². The second-order valence-corrected chi connectivity index (χ2v) is 4.30. The summed E-state index contributed by atoms with van der Waals surface area (Å²) < 4.78 is 0. The van der Waals surface area contributed by atoms with Crippen LogP contribution in [0.5, 0.6) is 0 Å². The fourth-order valence-corrected chi connectivity index (χ4v) is 1.66. The minimum atomic E-state index is -0.375.